The lowest BCUT2D eigenvalue weighted by Crippen LogP contribution is -2.41. The first kappa shape index (κ1) is 20.2. The molecule has 0 aromatic heterocycles. The van der Waals surface area contributed by atoms with Crippen LogP contribution in [0.25, 0.3) is 0 Å². The minimum Gasteiger partial charge on any atom is -0.452 e. The van der Waals surface area contributed by atoms with E-state index in [2.05, 4.69) is 10.6 Å². The van der Waals surface area contributed by atoms with Crippen molar-refractivity contribution in [1.29, 1.82) is 0 Å². The highest BCUT2D eigenvalue weighted by Crippen LogP contribution is 2.14. The van der Waals surface area contributed by atoms with Gasteiger partial charge in [-0.25, -0.2) is 9.59 Å². The first-order valence-electron chi connectivity index (χ1n) is 8.96. The van der Waals surface area contributed by atoms with Crippen molar-refractivity contribution < 1.29 is 19.1 Å². The first-order valence-corrected chi connectivity index (χ1v) is 8.96. The van der Waals surface area contributed by atoms with Crippen molar-refractivity contribution >= 4 is 17.9 Å². The lowest BCUT2D eigenvalue weighted by molar-refractivity contribution is -0.123. The molecule has 6 heteroatoms. The Morgan fingerprint density at radius 2 is 1.63 bits per heavy atom. The Bertz CT molecular complexity index is 775. The van der Waals surface area contributed by atoms with Crippen LogP contribution in [0.3, 0.4) is 0 Å². The van der Waals surface area contributed by atoms with Crippen molar-refractivity contribution in [2.75, 3.05) is 13.2 Å². The van der Waals surface area contributed by atoms with Gasteiger partial charge in [0.1, 0.15) is 0 Å². The van der Waals surface area contributed by atoms with Crippen LogP contribution in [0.4, 0.5) is 4.79 Å². The Morgan fingerprint density at radius 3 is 2.37 bits per heavy atom. The zero-order chi connectivity index (χ0) is 19.5. The average molecular weight is 368 g/mol. The second-order valence-electron chi connectivity index (χ2n) is 6.02. The van der Waals surface area contributed by atoms with Gasteiger partial charge in [-0.2, -0.15) is 0 Å². The maximum Gasteiger partial charge on any atom is 0.338 e. The van der Waals surface area contributed by atoms with E-state index >= 15 is 0 Å². The van der Waals surface area contributed by atoms with Crippen molar-refractivity contribution in [3.8, 4) is 0 Å². The summed E-state index contributed by atoms with van der Waals surface area (Å²) in [7, 11) is 0. The number of ether oxygens (including phenoxy) is 1. The monoisotopic (exact) mass is 368 g/mol. The number of benzene rings is 2. The Morgan fingerprint density at radius 1 is 0.926 bits per heavy atom. The van der Waals surface area contributed by atoms with E-state index in [9.17, 15) is 14.4 Å². The number of urea groups is 1. The molecule has 2 rings (SSSR count). The Labute approximate surface area is 158 Å². The molecular weight excluding hydrogens is 344 g/mol. The molecule has 0 spiro atoms. The van der Waals surface area contributed by atoms with E-state index in [1.165, 1.54) is 5.56 Å². The number of hydrogen-bond donors (Lipinski definition) is 2. The van der Waals surface area contributed by atoms with E-state index in [0.29, 0.717) is 18.5 Å². The Kier molecular flexibility index (Phi) is 8.03. The topological polar surface area (TPSA) is 84.5 Å². The number of amides is 3. The second-order valence-corrected chi connectivity index (χ2v) is 6.02. The lowest BCUT2D eigenvalue weighted by Gasteiger charge is -2.10. The van der Waals surface area contributed by atoms with Gasteiger partial charge in [-0.05, 0) is 36.5 Å². The third-order valence-corrected chi connectivity index (χ3v) is 3.89. The number of carbonyl (C=O) groups excluding carboxylic acids is 3. The molecular formula is C21H24N2O4. The average Bonchev–Trinajstić information content (AvgIpc) is 2.70. The number of carbonyl (C=O) groups is 3. The van der Waals surface area contributed by atoms with Crippen molar-refractivity contribution in [3.05, 3.63) is 71.3 Å². The van der Waals surface area contributed by atoms with Crippen LogP contribution in [-0.2, 0) is 22.4 Å². The molecule has 2 aromatic carbocycles. The van der Waals surface area contributed by atoms with Gasteiger partial charge in [0, 0.05) is 6.54 Å². The van der Waals surface area contributed by atoms with E-state index in [1.807, 2.05) is 49.4 Å². The zero-order valence-electron chi connectivity index (χ0n) is 15.4. The molecule has 0 atom stereocenters. The summed E-state index contributed by atoms with van der Waals surface area (Å²) in [6, 6.07) is 16.6. The summed E-state index contributed by atoms with van der Waals surface area (Å²) in [5.41, 5.74) is 2.46. The maximum absolute atomic E-state index is 12.3. The molecule has 2 aromatic rings. The van der Waals surface area contributed by atoms with Crippen LogP contribution in [0.1, 0.15) is 34.8 Å². The van der Waals surface area contributed by atoms with E-state index < -0.39 is 24.5 Å². The van der Waals surface area contributed by atoms with E-state index in [-0.39, 0.29) is 0 Å². The number of rotatable bonds is 8. The van der Waals surface area contributed by atoms with Crippen LogP contribution in [0.5, 0.6) is 0 Å². The van der Waals surface area contributed by atoms with E-state index in [4.69, 9.17) is 4.74 Å². The van der Waals surface area contributed by atoms with Gasteiger partial charge in [0.25, 0.3) is 5.91 Å². The minimum atomic E-state index is -0.668. The maximum atomic E-state index is 12.3. The molecule has 0 radical (unpaired) electrons. The number of imide groups is 1. The van der Waals surface area contributed by atoms with Crippen LogP contribution in [0.2, 0.25) is 0 Å². The molecule has 2 N–H and O–H groups in total. The predicted molar refractivity (Wildman–Crippen MR) is 102 cm³/mol. The number of esters is 1. The minimum absolute atomic E-state index is 0.427. The molecule has 142 valence electrons. The normalized spacial score (nSPS) is 10.1. The van der Waals surface area contributed by atoms with Gasteiger partial charge in [0.15, 0.2) is 6.61 Å². The number of nitrogens with one attached hydrogen (secondary N) is 2. The van der Waals surface area contributed by atoms with Crippen molar-refractivity contribution in [1.82, 2.24) is 10.6 Å². The molecule has 0 heterocycles. The van der Waals surface area contributed by atoms with Gasteiger partial charge in [-0.3, -0.25) is 10.1 Å². The number of hydrogen-bond acceptors (Lipinski definition) is 4. The third kappa shape index (κ3) is 6.93. The molecule has 3 amide bonds. The van der Waals surface area contributed by atoms with Crippen molar-refractivity contribution in [3.63, 3.8) is 0 Å². The van der Waals surface area contributed by atoms with Gasteiger partial charge in [-0.1, -0.05) is 55.5 Å². The summed E-state index contributed by atoms with van der Waals surface area (Å²) in [5, 5.41) is 4.63. The summed E-state index contributed by atoms with van der Waals surface area (Å²) < 4.78 is 5.06. The fraction of sp³-hybridized carbons (Fsp3) is 0.286. The quantitative estimate of drug-likeness (QED) is 0.702. The largest absolute Gasteiger partial charge is 0.452 e. The molecule has 0 aliphatic carbocycles. The van der Waals surface area contributed by atoms with E-state index in [1.54, 1.807) is 12.1 Å². The van der Waals surface area contributed by atoms with Crippen LogP contribution in [0, 0.1) is 0 Å². The zero-order valence-corrected chi connectivity index (χ0v) is 15.4. The fourth-order valence-electron chi connectivity index (χ4n) is 2.52. The smallest absolute Gasteiger partial charge is 0.338 e. The molecule has 6 nitrogen and oxygen atoms in total. The van der Waals surface area contributed by atoms with Gasteiger partial charge in [0.2, 0.25) is 0 Å². The van der Waals surface area contributed by atoms with Crippen molar-refractivity contribution in [2.45, 2.75) is 26.2 Å². The van der Waals surface area contributed by atoms with Crippen LogP contribution in [0.15, 0.2) is 54.6 Å². The number of aryl methyl sites for hydroxylation is 2. The highest BCUT2D eigenvalue weighted by atomic mass is 16.5. The summed E-state index contributed by atoms with van der Waals surface area (Å²) in [6.07, 6.45) is 2.24. The molecule has 0 saturated carbocycles. The fourth-order valence-corrected chi connectivity index (χ4v) is 2.52. The van der Waals surface area contributed by atoms with E-state index in [0.717, 1.165) is 18.4 Å². The SMILES string of the molecule is CCCNC(=O)NC(=O)COC(=O)c1ccccc1CCc1ccccc1. The lowest BCUT2D eigenvalue weighted by atomic mass is 10.00. The summed E-state index contributed by atoms with van der Waals surface area (Å²) >= 11 is 0. The molecule has 0 bridgehead atoms. The van der Waals surface area contributed by atoms with Crippen LogP contribution >= 0.6 is 0 Å². The molecule has 27 heavy (non-hydrogen) atoms. The van der Waals surface area contributed by atoms with Gasteiger partial charge >= 0.3 is 12.0 Å². The summed E-state index contributed by atoms with van der Waals surface area (Å²) in [5.74, 6) is -1.25. The Hall–Kier alpha value is -3.15. The molecule has 0 aliphatic heterocycles. The van der Waals surface area contributed by atoms with Gasteiger partial charge in [-0.15, -0.1) is 0 Å². The van der Waals surface area contributed by atoms with Gasteiger partial charge < -0.3 is 10.1 Å². The highest BCUT2D eigenvalue weighted by molar-refractivity contribution is 5.97. The first-order chi connectivity index (χ1) is 13.1. The third-order valence-electron chi connectivity index (χ3n) is 3.89. The van der Waals surface area contributed by atoms with Crippen molar-refractivity contribution in [2.24, 2.45) is 0 Å². The predicted octanol–water partition coefficient (Wildman–Crippen LogP) is 2.86. The summed E-state index contributed by atoms with van der Waals surface area (Å²) in [4.78, 5) is 35.5. The molecule has 0 unspecified atom stereocenters. The Balaban J connectivity index is 1.88. The molecule has 0 saturated heterocycles. The van der Waals surface area contributed by atoms with Crippen LogP contribution < -0.4 is 10.6 Å². The van der Waals surface area contributed by atoms with Gasteiger partial charge in [0.05, 0.1) is 5.56 Å². The molecule has 0 aliphatic rings. The highest BCUT2D eigenvalue weighted by Gasteiger charge is 2.15. The molecule has 0 fully saturated rings. The standard InChI is InChI=1S/C21H24N2O4/c1-2-14-22-21(26)23-19(24)15-27-20(25)18-11-7-6-10-17(18)13-12-16-8-4-3-5-9-16/h3-11H,2,12-15H2,1H3,(H2,22,23,24,26). The summed E-state index contributed by atoms with van der Waals surface area (Å²) in [6.45, 7) is 1.86. The second kappa shape index (κ2) is 10.8. The van der Waals surface area contributed by atoms with Crippen LogP contribution in [-0.4, -0.2) is 31.1 Å².